The van der Waals surface area contributed by atoms with Crippen LogP contribution in [0.5, 0.6) is 0 Å². The molecule has 0 saturated carbocycles. The van der Waals surface area contributed by atoms with Crippen molar-refractivity contribution in [3.63, 3.8) is 0 Å². The average Bonchev–Trinajstić information content (AvgIpc) is 3.50. The quantitative estimate of drug-likeness (QED) is 0.195. The molecule has 1 aliphatic rings. The van der Waals surface area contributed by atoms with E-state index >= 15 is 0 Å². The minimum Gasteiger partial charge on any atom is -0.454 e. The van der Waals surface area contributed by atoms with Crippen molar-refractivity contribution in [2.24, 2.45) is 0 Å². The predicted octanol–water partition coefficient (Wildman–Crippen LogP) is 9.22. The van der Waals surface area contributed by atoms with Crippen LogP contribution in [0.3, 0.4) is 0 Å². The second kappa shape index (κ2) is 10.4. The van der Waals surface area contributed by atoms with E-state index in [9.17, 15) is 0 Å². The lowest BCUT2D eigenvalue weighted by Gasteiger charge is -2.38. The lowest BCUT2D eigenvalue weighted by atomic mass is 9.33. The van der Waals surface area contributed by atoms with Crippen LogP contribution in [0.2, 0.25) is 0 Å². The Labute approximate surface area is 262 Å². The SMILES string of the molecule is c1ccc(-c2cccc(-c3ccccc3)c2B2c3ccccc3N(c3cccc4c3oc3ccccc34)c3ccccc32)cc1. The summed E-state index contributed by atoms with van der Waals surface area (Å²) in [5.74, 6) is 0. The van der Waals surface area contributed by atoms with Crippen molar-refractivity contribution < 1.29 is 4.42 Å². The minimum absolute atomic E-state index is 0.00939. The predicted molar refractivity (Wildman–Crippen MR) is 190 cm³/mol. The molecule has 0 spiro atoms. The third-order valence-corrected chi connectivity index (χ3v) is 9.17. The fourth-order valence-corrected chi connectivity index (χ4v) is 7.26. The van der Waals surface area contributed by atoms with Crippen molar-refractivity contribution in [3.8, 4) is 22.3 Å². The van der Waals surface area contributed by atoms with Crippen molar-refractivity contribution in [1.82, 2.24) is 0 Å². The van der Waals surface area contributed by atoms with Gasteiger partial charge in [0.15, 0.2) is 5.58 Å². The van der Waals surface area contributed by atoms with Crippen LogP contribution in [0, 0.1) is 0 Å². The highest BCUT2D eigenvalue weighted by Gasteiger charge is 2.38. The molecule has 3 heteroatoms. The summed E-state index contributed by atoms with van der Waals surface area (Å²) in [6.45, 7) is 0.00939. The van der Waals surface area contributed by atoms with E-state index in [1.54, 1.807) is 0 Å². The smallest absolute Gasteiger partial charge is 0.248 e. The van der Waals surface area contributed by atoms with Gasteiger partial charge in [-0.25, -0.2) is 0 Å². The Kier molecular flexibility index (Phi) is 5.95. The van der Waals surface area contributed by atoms with Crippen LogP contribution in [-0.2, 0) is 0 Å². The molecule has 1 aromatic heterocycles. The summed E-state index contributed by atoms with van der Waals surface area (Å²) in [5, 5.41) is 2.26. The molecule has 0 radical (unpaired) electrons. The molecule has 1 aliphatic heterocycles. The fourth-order valence-electron chi connectivity index (χ4n) is 7.26. The molecular formula is C42H28BNO. The number of benzene rings is 7. The molecule has 2 nitrogen and oxygen atoms in total. The summed E-state index contributed by atoms with van der Waals surface area (Å²) < 4.78 is 6.59. The van der Waals surface area contributed by atoms with Gasteiger partial charge in [-0.3, -0.25) is 0 Å². The van der Waals surface area contributed by atoms with Crippen molar-refractivity contribution in [2.45, 2.75) is 0 Å². The van der Waals surface area contributed by atoms with Gasteiger partial charge in [-0.1, -0.05) is 151 Å². The normalized spacial score (nSPS) is 12.4. The van der Waals surface area contributed by atoms with Gasteiger partial charge in [-0.2, -0.15) is 0 Å². The van der Waals surface area contributed by atoms with Crippen LogP contribution in [0.15, 0.2) is 174 Å². The molecule has 0 bridgehead atoms. The van der Waals surface area contributed by atoms with Gasteiger partial charge < -0.3 is 9.32 Å². The molecule has 2 heterocycles. The maximum atomic E-state index is 6.59. The van der Waals surface area contributed by atoms with Crippen LogP contribution in [0.1, 0.15) is 0 Å². The Hall–Kier alpha value is -5.80. The second-order valence-electron chi connectivity index (χ2n) is 11.6. The zero-order valence-corrected chi connectivity index (χ0v) is 24.6. The molecular weight excluding hydrogens is 545 g/mol. The summed E-state index contributed by atoms with van der Waals surface area (Å²) in [6, 6.07) is 60.9. The molecule has 45 heavy (non-hydrogen) atoms. The van der Waals surface area contributed by atoms with Gasteiger partial charge in [0.1, 0.15) is 5.58 Å². The van der Waals surface area contributed by atoms with Gasteiger partial charge in [0, 0.05) is 22.1 Å². The largest absolute Gasteiger partial charge is 0.454 e. The van der Waals surface area contributed by atoms with Crippen LogP contribution >= 0.6 is 0 Å². The van der Waals surface area contributed by atoms with Crippen LogP contribution in [0.25, 0.3) is 44.2 Å². The Bertz CT molecular complexity index is 2240. The van der Waals surface area contributed by atoms with Crippen LogP contribution < -0.4 is 21.3 Å². The number of anilines is 3. The first-order valence-corrected chi connectivity index (χ1v) is 15.5. The first-order chi connectivity index (χ1) is 22.4. The minimum atomic E-state index is 0.00939. The second-order valence-corrected chi connectivity index (χ2v) is 11.6. The summed E-state index contributed by atoms with van der Waals surface area (Å²) >= 11 is 0. The fraction of sp³-hybridized carbons (Fsp3) is 0. The van der Waals surface area contributed by atoms with Gasteiger partial charge in [0.25, 0.3) is 0 Å². The summed E-state index contributed by atoms with van der Waals surface area (Å²) in [5.41, 5.74) is 14.0. The van der Waals surface area contributed by atoms with Gasteiger partial charge in [-0.15, -0.1) is 0 Å². The number of para-hydroxylation sites is 4. The third kappa shape index (κ3) is 4.05. The standard InChI is InChI=1S/C42H28BNO/c1-3-15-29(16-4-1)31-20-13-21-32(30-17-5-2-6-18-30)41(31)43-35-23-8-10-25-37(35)44(38-26-11-9-24-36(38)43)39-27-14-22-34-33-19-7-12-28-40(33)45-42(34)39/h1-28H. The van der Waals surface area contributed by atoms with E-state index in [1.165, 1.54) is 38.6 Å². The Morgan fingerprint density at radius 1 is 0.400 bits per heavy atom. The van der Waals surface area contributed by atoms with Crippen molar-refractivity contribution >= 4 is 62.1 Å². The summed E-state index contributed by atoms with van der Waals surface area (Å²) in [6.07, 6.45) is 0. The summed E-state index contributed by atoms with van der Waals surface area (Å²) in [4.78, 5) is 2.40. The number of nitrogens with zero attached hydrogens (tertiary/aromatic N) is 1. The molecule has 0 N–H and O–H groups in total. The van der Waals surface area contributed by atoms with Crippen LogP contribution in [-0.4, -0.2) is 6.71 Å². The lowest BCUT2D eigenvalue weighted by Crippen LogP contribution is -2.58. The Morgan fingerprint density at radius 3 is 1.53 bits per heavy atom. The van der Waals surface area contributed by atoms with Crippen molar-refractivity contribution in [1.29, 1.82) is 0 Å². The molecule has 0 unspecified atom stereocenters. The van der Waals surface area contributed by atoms with E-state index in [0.29, 0.717) is 0 Å². The number of furan rings is 1. The molecule has 210 valence electrons. The number of rotatable bonds is 4. The average molecular weight is 574 g/mol. The van der Waals surface area contributed by atoms with Gasteiger partial charge in [0.2, 0.25) is 6.71 Å². The number of fused-ring (bicyclic) bond motifs is 5. The van der Waals surface area contributed by atoms with Gasteiger partial charge >= 0.3 is 0 Å². The molecule has 0 saturated heterocycles. The van der Waals surface area contributed by atoms with Crippen LogP contribution in [0.4, 0.5) is 17.1 Å². The number of hydrogen-bond acceptors (Lipinski definition) is 2. The zero-order chi connectivity index (χ0) is 29.7. The Morgan fingerprint density at radius 2 is 0.889 bits per heavy atom. The lowest BCUT2D eigenvalue weighted by molar-refractivity contribution is 0.669. The Balaban J connectivity index is 1.35. The van der Waals surface area contributed by atoms with Gasteiger partial charge in [-0.05, 0) is 57.4 Å². The molecule has 9 rings (SSSR count). The molecule has 0 fully saturated rings. The zero-order valence-electron chi connectivity index (χ0n) is 24.6. The van der Waals surface area contributed by atoms with Crippen molar-refractivity contribution in [2.75, 3.05) is 4.90 Å². The highest BCUT2D eigenvalue weighted by atomic mass is 16.3. The summed E-state index contributed by atoms with van der Waals surface area (Å²) in [7, 11) is 0. The molecule has 0 atom stereocenters. The van der Waals surface area contributed by atoms with Crippen molar-refractivity contribution in [3.05, 3.63) is 170 Å². The van der Waals surface area contributed by atoms with E-state index in [4.69, 9.17) is 4.42 Å². The third-order valence-electron chi connectivity index (χ3n) is 9.17. The van der Waals surface area contributed by atoms with E-state index < -0.39 is 0 Å². The molecule has 0 aliphatic carbocycles. The maximum Gasteiger partial charge on any atom is 0.248 e. The molecule has 0 amide bonds. The molecule has 8 aromatic rings. The first-order valence-electron chi connectivity index (χ1n) is 15.5. The number of hydrogen-bond donors (Lipinski definition) is 0. The highest BCUT2D eigenvalue weighted by molar-refractivity contribution is 6.99. The molecule has 7 aromatic carbocycles. The van der Waals surface area contributed by atoms with E-state index in [0.717, 1.165) is 39.0 Å². The van der Waals surface area contributed by atoms with E-state index in [1.807, 2.05) is 6.07 Å². The highest BCUT2D eigenvalue weighted by Crippen LogP contribution is 2.43. The van der Waals surface area contributed by atoms with Gasteiger partial charge in [0.05, 0.1) is 5.69 Å². The van der Waals surface area contributed by atoms with E-state index in [2.05, 4.69) is 169 Å². The maximum absolute atomic E-state index is 6.59. The monoisotopic (exact) mass is 573 g/mol. The topological polar surface area (TPSA) is 16.4 Å². The van der Waals surface area contributed by atoms with E-state index in [-0.39, 0.29) is 6.71 Å². The first kappa shape index (κ1) is 25.7.